The first-order valence-electron chi connectivity index (χ1n) is 21.1. The van der Waals surface area contributed by atoms with E-state index in [1.165, 1.54) is 103 Å². The Bertz CT molecular complexity index is 3460. The summed E-state index contributed by atoms with van der Waals surface area (Å²) in [5.41, 5.74) is 18.5. The van der Waals surface area contributed by atoms with E-state index in [9.17, 15) is 0 Å². The minimum absolute atomic E-state index is 0.438. The fourth-order valence-electron chi connectivity index (χ4n) is 10.7. The molecule has 0 unspecified atom stereocenters. The monoisotopic (exact) mass is 791 g/mol. The van der Waals surface area contributed by atoms with Crippen molar-refractivity contribution in [2.45, 2.75) is 5.41 Å². The molecule has 1 nitrogen and oxygen atoms in total. The van der Waals surface area contributed by atoms with Crippen LogP contribution in [0.2, 0.25) is 0 Å². The third-order valence-electron chi connectivity index (χ3n) is 13.3. The molecule has 2 aliphatic rings. The number of fused-ring (bicyclic) bond motifs is 15. The number of nitrogens with zero attached hydrogens (tertiary/aromatic N) is 1. The fourth-order valence-corrected chi connectivity index (χ4v) is 11.9. The second kappa shape index (κ2) is 13.2. The summed E-state index contributed by atoms with van der Waals surface area (Å²) in [6.07, 6.45) is 0. The SMILES string of the molecule is c1ccc(-c2ccc(-c3ccc(N(c4ccc5c(c4)C4(c6ccccc6-c6ccccc64)c4ccccc4-5)c4cc5ccccc5c5c4sc4ccccc45)cc3)cc2)cc1. The van der Waals surface area contributed by atoms with Crippen molar-refractivity contribution >= 4 is 59.3 Å². The molecule has 2 heteroatoms. The highest BCUT2D eigenvalue weighted by molar-refractivity contribution is 7.26. The van der Waals surface area contributed by atoms with Gasteiger partial charge in [0.05, 0.1) is 15.8 Å². The average Bonchev–Trinajstić information content (AvgIpc) is 3.97. The highest BCUT2D eigenvalue weighted by atomic mass is 32.1. The van der Waals surface area contributed by atoms with Crippen molar-refractivity contribution in [1.29, 1.82) is 0 Å². The lowest BCUT2D eigenvalue weighted by Gasteiger charge is -2.32. The Morgan fingerprint density at radius 3 is 1.46 bits per heavy atom. The van der Waals surface area contributed by atoms with Crippen molar-refractivity contribution in [3.63, 3.8) is 0 Å². The van der Waals surface area contributed by atoms with E-state index in [0.717, 1.165) is 11.4 Å². The molecule has 0 N–H and O–H groups in total. The maximum absolute atomic E-state index is 2.52. The molecule has 284 valence electrons. The van der Waals surface area contributed by atoms with Crippen molar-refractivity contribution in [2.75, 3.05) is 4.90 Å². The quantitative estimate of drug-likeness (QED) is 0.168. The Morgan fingerprint density at radius 1 is 0.344 bits per heavy atom. The maximum Gasteiger partial charge on any atom is 0.0726 e. The molecule has 1 heterocycles. The van der Waals surface area contributed by atoms with Crippen molar-refractivity contribution in [3.05, 3.63) is 247 Å². The second-order valence-electron chi connectivity index (χ2n) is 16.4. The van der Waals surface area contributed by atoms with E-state index in [1.54, 1.807) is 0 Å². The molecule has 0 saturated heterocycles. The van der Waals surface area contributed by atoms with Gasteiger partial charge >= 0.3 is 0 Å². The number of hydrogen-bond acceptors (Lipinski definition) is 2. The van der Waals surface area contributed by atoms with Crippen LogP contribution in [0.25, 0.3) is 75.5 Å². The molecule has 1 aromatic heterocycles. The normalized spacial score (nSPS) is 13.0. The third kappa shape index (κ3) is 4.94. The van der Waals surface area contributed by atoms with Gasteiger partial charge in [0.2, 0.25) is 0 Å². The van der Waals surface area contributed by atoms with Crippen LogP contribution in [0.15, 0.2) is 224 Å². The molecule has 0 saturated carbocycles. The van der Waals surface area contributed by atoms with Crippen LogP contribution in [0.1, 0.15) is 22.3 Å². The van der Waals surface area contributed by atoms with Gasteiger partial charge in [-0.1, -0.05) is 188 Å². The number of rotatable bonds is 5. The molecule has 2 aliphatic carbocycles. The van der Waals surface area contributed by atoms with Gasteiger partial charge in [-0.3, -0.25) is 0 Å². The summed E-state index contributed by atoms with van der Waals surface area (Å²) in [6, 6.07) is 83.5. The van der Waals surface area contributed by atoms with Crippen LogP contribution >= 0.6 is 11.3 Å². The largest absolute Gasteiger partial charge is 0.309 e. The van der Waals surface area contributed by atoms with E-state index in [2.05, 4.69) is 229 Å². The van der Waals surface area contributed by atoms with Gasteiger partial charge in [0.15, 0.2) is 0 Å². The molecular weight excluding hydrogens is 755 g/mol. The van der Waals surface area contributed by atoms with Crippen molar-refractivity contribution < 1.29 is 0 Å². The first-order valence-corrected chi connectivity index (χ1v) is 21.9. The maximum atomic E-state index is 2.52. The molecule has 11 aromatic rings. The number of hydrogen-bond donors (Lipinski definition) is 0. The fraction of sp³-hybridized carbons (Fsp3) is 0.0169. The van der Waals surface area contributed by atoms with E-state index in [-0.39, 0.29) is 0 Å². The molecule has 13 rings (SSSR count). The summed E-state index contributed by atoms with van der Waals surface area (Å²) in [7, 11) is 0. The minimum Gasteiger partial charge on any atom is -0.309 e. The van der Waals surface area contributed by atoms with Crippen LogP contribution in [0.3, 0.4) is 0 Å². The van der Waals surface area contributed by atoms with Gasteiger partial charge in [0.1, 0.15) is 0 Å². The zero-order valence-electron chi connectivity index (χ0n) is 33.2. The highest BCUT2D eigenvalue weighted by Gasteiger charge is 2.51. The first-order chi connectivity index (χ1) is 30.3. The minimum atomic E-state index is -0.438. The Kier molecular flexibility index (Phi) is 7.46. The first kappa shape index (κ1) is 34.4. The molecule has 0 aliphatic heterocycles. The van der Waals surface area contributed by atoms with Gasteiger partial charge in [-0.05, 0) is 114 Å². The van der Waals surface area contributed by atoms with Crippen LogP contribution < -0.4 is 4.90 Å². The summed E-state index contributed by atoms with van der Waals surface area (Å²) in [5.74, 6) is 0. The van der Waals surface area contributed by atoms with Gasteiger partial charge in [-0.15, -0.1) is 11.3 Å². The van der Waals surface area contributed by atoms with Gasteiger partial charge in [-0.25, -0.2) is 0 Å². The van der Waals surface area contributed by atoms with Gasteiger partial charge in [0.25, 0.3) is 0 Å². The highest BCUT2D eigenvalue weighted by Crippen LogP contribution is 2.63. The number of thiophene rings is 1. The zero-order chi connectivity index (χ0) is 40.1. The van der Waals surface area contributed by atoms with Crippen molar-refractivity contribution in [2.24, 2.45) is 0 Å². The van der Waals surface area contributed by atoms with Gasteiger partial charge in [0, 0.05) is 26.8 Å². The van der Waals surface area contributed by atoms with E-state index < -0.39 is 5.41 Å². The van der Waals surface area contributed by atoms with E-state index in [0.29, 0.717) is 0 Å². The lowest BCUT2D eigenvalue weighted by molar-refractivity contribution is 0.793. The Balaban J connectivity index is 1.05. The van der Waals surface area contributed by atoms with Crippen LogP contribution in [0.5, 0.6) is 0 Å². The molecule has 0 fully saturated rings. The van der Waals surface area contributed by atoms with E-state index in [1.807, 2.05) is 11.3 Å². The van der Waals surface area contributed by atoms with Crippen LogP contribution in [-0.2, 0) is 5.41 Å². The Hall–Kier alpha value is -7.52. The standard InChI is InChI=1S/C59H37NS/c1-2-14-38(15-3-1)39-26-28-40(29-27-39)41-30-32-43(33-31-41)60(55-36-42-16-4-5-17-45(42)57-50-21-9-13-25-56(50)61-58(55)57)44-34-35-49-48-20-8-12-24-53(48)59(54(49)37-44)51-22-10-6-18-46(51)47-19-7-11-23-52(47)59/h1-37H. The number of benzene rings is 10. The summed E-state index contributed by atoms with van der Waals surface area (Å²) in [6.45, 7) is 0. The predicted molar refractivity (Wildman–Crippen MR) is 259 cm³/mol. The molecule has 61 heavy (non-hydrogen) atoms. The summed E-state index contributed by atoms with van der Waals surface area (Å²) in [4.78, 5) is 2.52. The molecule has 0 radical (unpaired) electrons. The van der Waals surface area contributed by atoms with Crippen molar-refractivity contribution in [1.82, 2.24) is 0 Å². The summed E-state index contributed by atoms with van der Waals surface area (Å²) >= 11 is 1.89. The molecule has 10 aromatic carbocycles. The molecule has 0 atom stereocenters. The Labute approximate surface area is 359 Å². The lowest BCUT2D eigenvalue weighted by Crippen LogP contribution is -2.26. The third-order valence-corrected chi connectivity index (χ3v) is 14.5. The zero-order valence-corrected chi connectivity index (χ0v) is 34.0. The smallest absolute Gasteiger partial charge is 0.0726 e. The second-order valence-corrected chi connectivity index (χ2v) is 17.4. The van der Waals surface area contributed by atoms with E-state index in [4.69, 9.17) is 0 Å². The Morgan fingerprint density at radius 2 is 0.820 bits per heavy atom. The lowest BCUT2D eigenvalue weighted by atomic mass is 9.70. The molecular formula is C59H37NS. The van der Waals surface area contributed by atoms with Crippen LogP contribution in [0.4, 0.5) is 17.1 Å². The van der Waals surface area contributed by atoms with Gasteiger partial charge < -0.3 is 4.90 Å². The summed E-state index contributed by atoms with van der Waals surface area (Å²) in [5, 5.41) is 5.14. The van der Waals surface area contributed by atoms with Gasteiger partial charge in [-0.2, -0.15) is 0 Å². The van der Waals surface area contributed by atoms with Crippen molar-refractivity contribution in [3.8, 4) is 44.5 Å². The van der Waals surface area contributed by atoms with Crippen LogP contribution in [0, 0.1) is 0 Å². The van der Waals surface area contributed by atoms with Crippen LogP contribution in [-0.4, -0.2) is 0 Å². The topological polar surface area (TPSA) is 3.24 Å². The summed E-state index contributed by atoms with van der Waals surface area (Å²) < 4.78 is 2.59. The molecule has 0 bridgehead atoms. The molecule has 1 spiro atoms. The number of anilines is 3. The average molecular weight is 792 g/mol. The predicted octanol–water partition coefficient (Wildman–Crippen LogP) is 16.4. The van der Waals surface area contributed by atoms with E-state index >= 15 is 0 Å². The molecule has 0 amide bonds.